The predicted octanol–water partition coefficient (Wildman–Crippen LogP) is 4.38. The van der Waals surface area contributed by atoms with E-state index in [1.165, 1.54) is 24.0 Å². The number of pyridine rings is 2. The van der Waals surface area contributed by atoms with Gasteiger partial charge in [0.1, 0.15) is 12.4 Å². The largest absolute Gasteiger partial charge is 0.486 e. The molecule has 0 fully saturated rings. The molecule has 0 unspecified atom stereocenters. The van der Waals surface area contributed by atoms with Crippen molar-refractivity contribution in [3.05, 3.63) is 59.7 Å². The van der Waals surface area contributed by atoms with Gasteiger partial charge in [-0.1, -0.05) is 6.07 Å². The van der Waals surface area contributed by atoms with Gasteiger partial charge in [-0.05, 0) is 32.0 Å². The highest BCUT2D eigenvalue weighted by Crippen LogP contribution is 2.26. The minimum Gasteiger partial charge on any atom is -0.486 e. The minimum absolute atomic E-state index is 0.0681. The van der Waals surface area contributed by atoms with E-state index in [2.05, 4.69) is 15.1 Å². The van der Waals surface area contributed by atoms with Gasteiger partial charge in [0.05, 0.1) is 36.1 Å². The molecule has 0 atom stereocenters. The van der Waals surface area contributed by atoms with Gasteiger partial charge in [-0.3, -0.25) is 19.4 Å². The normalized spacial score (nSPS) is 11.5. The summed E-state index contributed by atoms with van der Waals surface area (Å²) in [5, 5.41) is 3.98. The van der Waals surface area contributed by atoms with E-state index >= 15 is 0 Å². The van der Waals surface area contributed by atoms with Crippen molar-refractivity contribution in [2.45, 2.75) is 39.6 Å². The average Bonchev–Trinajstić information content (AvgIpc) is 3.13. The lowest BCUT2D eigenvalue weighted by Crippen LogP contribution is -2.14. The zero-order valence-electron chi connectivity index (χ0n) is 15.9. The fraction of sp³-hybridized carbons (Fsp3) is 0.300. The molecule has 29 heavy (non-hydrogen) atoms. The second kappa shape index (κ2) is 8.42. The van der Waals surface area contributed by atoms with Crippen LogP contribution in [0.25, 0.3) is 11.4 Å². The van der Waals surface area contributed by atoms with Crippen LogP contribution >= 0.6 is 0 Å². The van der Waals surface area contributed by atoms with Crippen LogP contribution in [-0.2, 0) is 13.2 Å². The minimum atomic E-state index is -4.28. The molecule has 0 amide bonds. The summed E-state index contributed by atoms with van der Waals surface area (Å²) >= 11 is 0. The zero-order valence-corrected chi connectivity index (χ0v) is 15.9. The van der Waals surface area contributed by atoms with Crippen molar-refractivity contribution in [3.63, 3.8) is 0 Å². The number of aromatic nitrogens is 4. The van der Waals surface area contributed by atoms with Crippen molar-refractivity contribution in [2.24, 2.45) is 0 Å². The number of ether oxygens (including phenoxy) is 1. The Balaban J connectivity index is 1.85. The lowest BCUT2D eigenvalue weighted by Gasteiger charge is -2.14. The Hall–Kier alpha value is -3.23. The molecule has 9 heteroatoms. The quantitative estimate of drug-likeness (QED) is 0.547. The van der Waals surface area contributed by atoms with Gasteiger partial charge in [0.15, 0.2) is 5.78 Å². The first-order valence-electron chi connectivity index (χ1n) is 8.88. The summed E-state index contributed by atoms with van der Waals surface area (Å²) in [5.74, 6) is 0.186. The molecule has 0 radical (unpaired) electrons. The third-order valence-electron chi connectivity index (χ3n) is 4.22. The molecule has 3 aromatic heterocycles. The summed E-state index contributed by atoms with van der Waals surface area (Å²) in [4.78, 5) is 20.3. The number of hydrogen-bond donors (Lipinski definition) is 0. The van der Waals surface area contributed by atoms with Crippen molar-refractivity contribution in [2.75, 3.05) is 0 Å². The Kier molecular flexibility index (Phi) is 5.95. The molecule has 3 heterocycles. The van der Waals surface area contributed by atoms with Crippen LogP contribution in [0, 0.1) is 6.92 Å². The molecular weight excluding hydrogens is 385 g/mol. The molecule has 6 nitrogen and oxygen atoms in total. The van der Waals surface area contributed by atoms with E-state index in [0.29, 0.717) is 34.0 Å². The molecule has 152 valence electrons. The highest BCUT2D eigenvalue weighted by Gasteiger charge is 2.27. The van der Waals surface area contributed by atoms with Gasteiger partial charge in [0.2, 0.25) is 0 Å². The number of Topliss-reactive ketones (excluding diaryl/α,β-unsaturated/α-hetero) is 1. The second-order valence-corrected chi connectivity index (χ2v) is 6.48. The van der Waals surface area contributed by atoms with Gasteiger partial charge in [0.25, 0.3) is 0 Å². The third-order valence-corrected chi connectivity index (χ3v) is 4.22. The van der Waals surface area contributed by atoms with E-state index in [-0.39, 0.29) is 18.9 Å². The number of rotatable bonds is 7. The lowest BCUT2D eigenvalue weighted by atomic mass is 10.1. The first kappa shape index (κ1) is 20.5. The molecule has 0 bridgehead atoms. The summed E-state index contributed by atoms with van der Waals surface area (Å²) in [6, 6.07) is 6.72. The van der Waals surface area contributed by atoms with Crippen LogP contribution in [0.5, 0.6) is 5.75 Å². The average molecular weight is 404 g/mol. The zero-order chi connectivity index (χ0) is 21.0. The highest BCUT2D eigenvalue weighted by atomic mass is 19.4. The van der Waals surface area contributed by atoms with E-state index in [1.807, 2.05) is 0 Å². The summed E-state index contributed by atoms with van der Waals surface area (Å²) in [5.41, 5.74) is 2.69. The number of aryl methyl sites for hydroxylation is 2. The van der Waals surface area contributed by atoms with E-state index in [9.17, 15) is 18.0 Å². The van der Waals surface area contributed by atoms with Crippen LogP contribution in [0.2, 0.25) is 0 Å². The van der Waals surface area contributed by atoms with Crippen LogP contribution in [0.4, 0.5) is 13.2 Å². The highest BCUT2D eigenvalue weighted by molar-refractivity contribution is 5.96. The molecule has 0 aliphatic heterocycles. The van der Waals surface area contributed by atoms with Crippen LogP contribution in [0.3, 0.4) is 0 Å². The van der Waals surface area contributed by atoms with Crippen LogP contribution in [0.1, 0.15) is 35.0 Å². The summed E-state index contributed by atoms with van der Waals surface area (Å²) in [6.07, 6.45) is -0.801. The van der Waals surface area contributed by atoms with Gasteiger partial charge in [-0.15, -0.1) is 0 Å². The first-order chi connectivity index (χ1) is 13.7. The van der Waals surface area contributed by atoms with Gasteiger partial charge < -0.3 is 4.74 Å². The van der Waals surface area contributed by atoms with E-state index in [4.69, 9.17) is 4.74 Å². The Bertz CT molecular complexity index is 1010. The number of halogens is 3. The van der Waals surface area contributed by atoms with Gasteiger partial charge >= 0.3 is 6.18 Å². The van der Waals surface area contributed by atoms with Crippen LogP contribution in [0.15, 0.2) is 42.9 Å². The van der Waals surface area contributed by atoms with Crippen LogP contribution in [-0.4, -0.2) is 31.7 Å². The number of carbonyl (C=O) groups is 1. The van der Waals surface area contributed by atoms with Crippen molar-refractivity contribution in [1.82, 2.24) is 19.7 Å². The van der Waals surface area contributed by atoms with Crippen LogP contribution < -0.4 is 4.74 Å². The maximum absolute atomic E-state index is 12.6. The van der Waals surface area contributed by atoms with Crippen molar-refractivity contribution >= 4 is 5.78 Å². The fourth-order valence-corrected chi connectivity index (χ4v) is 2.82. The topological polar surface area (TPSA) is 69.9 Å². The monoisotopic (exact) mass is 404 g/mol. The van der Waals surface area contributed by atoms with E-state index in [0.717, 1.165) is 0 Å². The van der Waals surface area contributed by atoms with Gasteiger partial charge in [-0.25, -0.2) is 0 Å². The molecule has 0 aromatic carbocycles. The third kappa shape index (κ3) is 5.18. The second-order valence-electron chi connectivity index (χ2n) is 6.48. The smallest absolute Gasteiger partial charge is 0.390 e. The Morgan fingerprint density at radius 1 is 1.21 bits per heavy atom. The number of hydrogen-bond acceptors (Lipinski definition) is 5. The molecule has 3 rings (SSSR count). The van der Waals surface area contributed by atoms with Crippen molar-refractivity contribution in [1.29, 1.82) is 0 Å². The van der Waals surface area contributed by atoms with E-state index < -0.39 is 12.6 Å². The predicted molar refractivity (Wildman–Crippen MR) is 99.4 cm³/mol. The Labute approximate surface area is 165 Å². The van der Waals surface area contributed by atoms with Gasteiger partial charge in [-0.2, -0.15) is 18.3 Å². The van der Waals surface area contributed by atoms with Crippen molar-refractivity contribution in [3.8, 4) is 17.1 Å². The molecule has 0 spiro atoms. The van der Waals surface area contributed by atoms with Gasteiger partial charge in [0, 0.05) is 23.7 Å². The molecule has 0 saturated carbocycles. The summed E-state index contributed by atoms with van der Waals surface area (Å²) < 4.78 is 44.8. The molecule has 0 N–H and O–H groups in total. The first-order valence-corrected chi connectivity index (χ1v) is 8.88. The standard InChI is InChI=1S/C20H19F3N4O2/c1-13-10-16(14(2)28)18(11-25-13)29-12-15-4-3-7-24-19(15)17-5-8-26-27(17)9-6-20(21,22)23/h3-5,7-8,10-11H,6,9,12H2,1-2H3. The maximum Gasteiger partial charge on any atom is 0.390 e. The maximum atomic E-state index is 12.6. The Morgan fingerprint density at radius 3 is 2.72 bits per heavy atom. The number of nitrogens with zero attached hydrogens (tertiary/aromatic N) is 4. The molecule has 0 aliphatic rings. The molecular formula is C20H19F3N4O2. The fourth-order valence-electron chi connectivity index (χ4n) is 2.82. The number of ketones is 1. The number of alkyl halides is 3. The van der Waals surface area contributed by atoms with E-state index in [1.54, 1.807) is 37.4 Å². The molecule has 0 saturated heterocycles. The summed E-state index contributed by atoms with van der Waals surface area (Å²) in [7, 11) is 0. The molecule has 0 aliphatic carbocycles. The SMILES string of the molecule is CC(=O)c1cc(C)ncc1OCc1cccnc1-c1ccnn1CCC(F)(F)F. The lowest BCUT2D eigenvalue weighted by molar-refractivity contribution is -0.137. The Morgan fingerprint density at radius 2 is 2.00 bits per heavy atom. The van der Waals surface area contributed by atoms with Crippen molar-refractivity contribution < 1.29 is 22.7 Å². The summed E-state index contributed by atoms with van der Waals surface area (Å²) in [6.45, 7) is 2.98. The molecule has 3 aromatic rings. The number of carbonyl (C=O) groups excluding carboxylic acids is 1.